The summed E-state index contributed by atoms with van der Waals surface area (Å²) in [4.78, 5) is 17.5. The average molecular weight is 410 g/mol. The van der Waals surface area contributed by atoms with E-state index in [-0.39, 0.29) is 17.2 Å². The van der Waals surface area contributed by atoms with Crippen LogP contribution in [0, 0.1) is 5.92 Å². The zero-order chi connectivity index (χ0) is 20.5. The normalized spacial score (nSPS) is 12.2. The molecule has 0 fully saturated rings. The SMILES string of the molecule is CCn1cc2nc(SCc3cccc(C(F)(F)F)c3)n(CC(C)C)c(=O)c2n1. The van der Waals surface area contributed by atoms with Crippen molar-refractivity contribution in [3.8, 4) is 0 Å². The van der Waals surface area contributed by atoms with Gasteiger partial charge in [-0.25, -0.2) is 4.98 Å². The second-order valence-electron chi connectivity index (χ2n) is 6.91. The predicted octanol–water partition coefficient (Wildman–Crippen LogP) is 4.58. The monoisotopic (exact) mass is 410 g/mol. The maximum atomic E-state index is 12.9. The number of rotatable bonds is 6. The summed E-state index contributed by atoms with van der Waals surface area (Å²) in [6.07, 6.45) is -2.67. The topological polar surface area (TPSA) is 52.7 Å². The molecule has 0 unspecified atom stereocenters. The molecule has 150 valence electrons. The number of thioether (sulfide) groups is 1. The smallest absolute Gasteiger partial charge is 0.285 e. The summed E-state index contributed by atoms with van der Waals surface area (Å²) >= 11 is 1.25. The van der Waals surface area contributed by atoms with E-state index in [1.54, 1.807) is 21.5 Å². The highest BCUT2D eigenvalue weighted by Gasteiger charge is 2.30. The van der Waals surface area contributed by atoms with Gasteiger partial charge in [-0.1, -0.05) is 43.8 Å². The van der Waals surface area contributed by atoms with Gasteiger partial charge in [0.15, 0.2) is 10.7 Å². The standard InChI is InChI=1S/C19H21F3N4OS/c1-4-25-10-15-16(24-25)17(27)26(9-12(2)3)18(23-15)28-11-13-6-5-7-14(8-13)19(20,21)22/h5-8,10,12H,4,9,11H2,1-3H3. The molecule has 0 spiro atoms. The van der Waals surface area contributed by atoms with E-state index in [9.17, 15) is 18.0 Å². The first kappa shape index (κ1) is 20.4. The lowest BCUT2D eigenvalue weighted by atomic mass is 10.1. The molecule has 9 heteroatoms. The molecule has 0 aliphatic rings. The molecule has 0 N–H and O–H groups in total. The number of hydrogen-bond acceptors (Lipinski definition) is 4. The molecule has 0 bridgehead atoms. The number of nitrogens with zero attached hydrogens (tertiary/aromatic N) is 4. The fraction of sp³-hybridized carbons (Fsp3) is 0.421. The number of benzene rings is 1. The Kier molecular flexibility index (Phi) is 5.83. The van der Waals surface area contributed by atoms with Crippen LogP contribution in [0.5, 0.6) is 0 Å². The van der Waals surface area contributed by atoms with Crippen LogP contribution in [0.1, 0.15) is 31.9 Å². The summed E-state index contributed by atoms with van der Waals surface area (Å²) in [7, 11) is 0. The van der Waals surface area contributed by atoms with Crippen molar-refractivity contribution in [3.63, 3.8) is 0 Å². The van der Waals surface area contributed by atoms with Crippen molar-refractivity contribution in [1.82, 2.24) is 19.3 Å². The van der Waals surface area contributed by atoms with Crippen LogP contribution in [0.4, 0.5) is 13.2 Å². The molecule has 0 amide bonds. The minimum Gasteiger partial charge on any atom is -0.285 e. The van der Waals surface area contributed by atoms with Gasteiger partial charge in [0.1, 0.15) is 5.52 Å². The van der Waals surface area contributed by atoms with Crippen LogP contribution in [0.3, 0.4) is 0 Å². The van der Waals surface area contributed by atoms with Gasteiger partial charge in [-0.05, 0) is 24.5 Å². The van der Waals surface area contributed by atoms with E-state index < -0.39 is 11.7 Å². The van der Waals surface area contributed by atoms with Crippen molar-refractivity contribution in [3.05, 3.63) is 51.9 Å². The van der Waals surface area contributed by atoms with Gasteiger partial charge in [-0.3, -0.25) is 14.0 Å². The van der Waals surface area contributed by atoms with Gasteiger partial charge in [-0.2, -0.15) is 18.3 Å². The van der Waals surface area contributed by atoms with E-state index in [0.29, 0.717) is 34.8 Å². The molecule has 28 heavy (non-hydrogen) atoms. The highest BCUT2D eigenvalue weighted by molar-refractivity contribution is 7.98. The molecule has 3 rings (SSSR count). The maximum absolute atomic E-state index is 12.9. The van der Waals surface area contributed by atoms with Crippen LogP contribution < -0.4 is 5.56 Å². The molecule has 0 atom stereocenters. The van der Waals surface area contributed by atoms with Crippen molar-refractivity contribution in [2.75, 3.05) is 0 Å². The Labute approximate surface area is 164 Å². The second-order valence-corrected chi connectivity index (χ2v) is 7.85. The third-order valence-corrected chi connectivity index (χ3v) is 5.18. The molecular weight excluding hydrogens is 389 g/mol. The highest BCUT2D eigenvalue weighted by Crippen LogP contribution is 2.31. The third-order valence-electron chi connectivity index (χ3n) is 4.13. The lowest BCUT2D eigenvalue weighted by Gasteiger charge is -2.14. The van der Waals surface area contributed by atoms with Crippen molar-refractivity contribution in [2.45, 2.75) is 50.9 Å². The van der Waals surface area contributed by atoms with Crippen molar-refractivity contribution in [2.24, 2.45) is 5.92 Å². The van der Waals surface area contributed by atoms with E-state index in [1.165, 1.54) is 17.8 Å². The Hall–Kier alpha value is -2.29. The molecule has 0 radical (unpaired) electrons. The number of aromatic nitrogens is 4. The highest BCUT2D eigenvalue weighted by atomic mass is 32.2. The van der Waals surface area contributed by atoms with Crippen LogP contribution in [-0.2, 0) is 25.0 Å². The first-order valence-corrected chi connectivity index (χ1v) is 9.94. The van der Waals surface area contributed by atoms with Gasteiger partial charge >= 0.3 is 6.18 Å². The summed E-state index contributed by atoms with van der Waals surface area (Å²) in [6, 6.07) is 5.21. The first-order valence-electron chi connectivity index (χ1n) is 8.96. The van der Waals surface area contributed by atoms with Crippen LogP contribution >= 0.6 is 11.8 Å². The van der Waals surface area contributed by atoms with Crippen LogP contribution in [0.2, 0.25) is 0 Å². The van der Waals surface area contributed by atoms with Gasteiger partial charge in [0.2, 0.25) is 0 Å². The lowest BCUT2D eigenvalue weighted by molar-refractivity contribution is -0.137. The quantitative estimate of drug-likeness (QED) is 0.441. The molecule has 3 aromatic rings. The average Bonchev–Trinajstić information content (AvgIpc) is 3.05. The molecule has 0 saturated heterocycles. The Morgan fingerprint density at radius 1 is 1.25 bits per heavy atom. The summed E-state index contributed by atoms with van der Waals surface area (Å²) in [5.41, 5.74) is 0.425. The molecule has 2 aromatic heterocycles. The molecule has 0 saturated carbocycles. The first-order chi connectivity index (χ1) is 13.2. The van der Waals surface area contributed by atoms with Crippen molar-refractivity contribution in [1.29, 1.82) is 0 Å². The van der Waals surface area contributed by atoms with Gasteiger partial charge in [0.05, 0.1) is 11.8 Å². The Bertz CT molecular complexity index is 1040. The number of hydrogen-bond donors (Lipinski definition) is 0. The zero-order valence-corrected chi connectivity index (χ0v) is 16.6. The van der Waals surface area contributed by atoms with Gasteiger partial charge < -0.3 is 0 Å². The van der Waals surface area contributed by atoms with Crippen LogP contribution in [0.15, 0.2) is 40.4 Å². The summed E-state index contributed by atoms with van der Waals surface area (Å²) in [6.45, 7) is 6.98. The Morgan fingerprint density at radius 3 is 2.64 bits per heavy atom. The van der Waals surface area contributed by atoms with Gasteiger partial charge in [0.25, 0.3) is 5.56 Å². The Balaban J connectivity index is 1.96. The summed E-state index contributed by atoms with van der Waals surface area (Å²) < 4.78 is 42.0. The van der Waals surface area contributed by atoms with Gasteiger partial charge in [0, 0.05) is 18.8 Å². The molecule has 1 aromatic carbocycles. The van der Waals surface area contributed by atoms with Crippen molar-refractivity contribution < 1.29 is 13.2 Å². The van der Waals surface area contributed by atoms with E-state index in [1.807, 2.05) is 20.8 Å². The maximum Gasteiger partial charge on any atom is 0.416 e. The van der Waals surface area contributed by atoms with E-state index >= 15 is 0 Å². The minimum absolute atomic E-state index is 0.207. The number of alkyl halides is 3. The van der Waals surface area contributed by atoms with E-state index in [0.717, 1.165) is 12.1 Å². The molecule has 2 heterocycles. The molecule has 5 nitrogen and oxygen atoms in total. The summed E-state index contributed by atoms with van der Waals surface area (Å²) in [5, 5.41) is 4.77. The molecular formula is C19H21F3N4OS. The number of fused-ring (bicyclic) bond motifs is 1. The fourth-order valence-corrected chi connectivity index (χ4v) is 3.76. The molecule has 0 aliphatic carbocycles. The van der Waals surface area contributed by atoms with Crippen molar-refractivity contribution >= 4 is 22.8 Å². The third kappa shape index (κ3) is 4.40. The van der Waals surface area contributed by atoms with Crippen LogP contribution in [-0.4, -0.2) is 19.3 Å². The Morgan fingerprint density at radius 2 is 2.00 bits per heavy atom. The number of halogens is 3. The summed E-state index contributed by atoms with van der Waals surface area (Å²) in [5.74, 6) is 0.486. The predicted molar refractivity (Wildman–Crippen MR) is 103 cm³/mol. The number of aryl methyl sites for hydroxylation is 1. The minimum atomic E-state index is -4.38. The fourth-order valence-electron chi connectivity index (χ4n) is 2.81. The van der Waals surface area contributed by atoms with E-state index in [2.05, 4.69) is 10.1 Å². The molecule has 0 aliphatic heterocycles. The second kappa shape index (κ2) is 7.98. The van der Waals surface area contributed by atoms with Crippen LogP contribution in [0.25, 0.3) is 11.0 Å². The lowest BCUT2D eigenvalue weighted by Crippen LogP contribution is -2.25. The van der Waals surface area contributed by atoms with E-state index in [4.69, 9.17) is 0 Å². The largest absolute Gasteiger partial charge is 0.416 e. The zero-order valence-electron chi connectivity index (χ0n) is 15.8. The van der Waals surface area contributed by atoms with Gasteiger partial charge in [-0.15, -0.1) is 0 Å².